The minimum atomic E-state index is -0.677. The van der Waals surface area contributed by atoms with E-state index in [0.717, 1.165) is 34.6 Å². The van der Waals surface area contributed by atoms with E-state index in [0.29, 0.717) is 62.0 Å². The van der Waals surface area contributed by atoms with Gasteiger partial charge in [0.1, 0.15) is 24.1 Å². The van der Waals surface area contributed by atoms with E-state index in [1.807, 2.05) is 30.3 Å². The maximum Gasteiger partial charge on any atom is 0.337 e. The zero-order valence-corrected chi connectivity index (χ0v) is 28.4. The highest BCUT2D eigenvalue weighted by Gasteiger charge is 2.28. The van der Waals surface area contributed by atoms with Crippen molar-refractivity contribution in [1.29, 1.82) is 0 Å². The Morgan fingerprint density at radius 1 is 1.10 bits per heavy atom. The lowest BCUT2D eigenvalue weighted by Crippen LogP contribution is -2.44. The van der Waals surface area contributed by atoms with Gasteiger partial charge < -0.3 is 20.1 Å². The van der Waals surface area contributed by atoms with Crippen molar-refractivity contribution in [3.05, 3.63) is 111 Å². The number of aromatic nitrogens is 5. The summed E-state index contributed by atoms with van der Waals surface area (Å²) in [6.07, 6.45) is 7.76. The first kappa shape index (κ1) is 34.3. The maximum absolute atomic E-state index is 14.6. The molecular weight excluding hydrogens is 658 g/mol. The fourth-order valence-electron chi connectivity index (χ4n) is 7.29. The highest BCUT2D eigenvalue weighted by molar-refractivity contribution is 5.77. The van der Waals surface area contributed by atoms with Crippen molar-refractivity contribution in [3.63, 3.8) is 0 Å². The number of rotatable bonds is 10. The van der Waals surface area contributed by atoms with Gasteiger partial charge in [0.15, 0.2) is 5.65 Å². The van der Waals surface area contributed by atoms with E-state index in [9.17, 15) is 28.7 Å². The second kappa shape index (κ2) is 14.2. The van der Waals surface area contributed by atoms with E-state index in [2.05, 4.69) is 15.3 Å². The SMILES string of the molecule is C[C@@H](O)CN(C)Cc1cc(O)ccc1-c1cccc(-n2c(=O)n(C3CCC(NCc4cn5c(n4)C=CN(F)C5)CC3)c(=O)c3cc(F)cnc32)c1. The van der Waals surface area contributed by atoms with Crippen LogP contribution in [0.25, 0.3) is 33.9 Å². The molecule has 0 radical (unpaired) electrons. The van der Waals surface area contributed by atoms with Gasteiger partial charge in [-0.1, -0.05) is 22.7 Å². The molecule has 0 bridgehead atoms. The van der Waals surface area contributed by atoms with Gasteiger partial charge in [-0.3, -0.25) is 14.3 Å². The molecule has 3 aromatic heterocycles. The van der Waals surface area contributed by atoms with Gasteiger partial charge in [-0.2, -0.15) is 5.12 Å². The minimum Gasteiger partial charge on any atom is -0.508 e. The molecule has 1 saturated carbocycles. The number of fused-ring (bicyclic) bond motifs is 2. The Morgan fingerprint density at radius 3 is 2.69 bits per heavy atom. The number of pyridine rings is 1. The lowest BCUT2D eigenvalue weighted by Gasteiger charge is -2.30. The number of nitrogens with one attached hydrogen (secondary N) is 1. The Bertz CT molecular complexity index is 2220. The fourth-order valence-corrected chi connectivity index (χ4v) is 7.29. The summed E-state index contributed by atoms with van der Waals surface area (Å²) in [6.45, 7) is 3.18. The number of phenols is 1. The topological polar surface area (TPSA) is 134 Å². The highest BCUT2D eigenvalue weighted by atomic mass is 19.2. The van der Waals surface area contributed by atoms with Crippen molar-refractivity contribution in [2.75, 3.05) is 13.6 Å². The zero-order chi connectivity index (χ0) is 35.8. The van der Waals surface area contributed by atoms with Crippen LogP contribution >= 0.6 is 0 Å². The Labute approximate surface area is 292 Å². The zero-order valence-electron chi connectivity index (χ0n) is 28.4. The fraction of sp³-hybridized carbons (Fsp3) is 0.351. The number of aliphatic hydroxyl groups is 1. The number of hydrogen-bond acceptors (Lipinski definition) is 9. The lowest BCUT2D eigenvalue weighted by atomic mass is 9.91. The Kier molecular flexibility index (Phi) is 9.55. The lowest BCUT2D eigenvalue weighted by molar-refractivity contribution is 0.0492. The normalized spacial score (nSPS) is 18.0. The first-order valence-electron chi connectivity index (χ1n) is 17.1. The molecule has 2 aromatic carbocycles. The molecule has 14 heteroatoms. The molecule has 51 heavy (non-hydrogen) atoms. The molecule has 2 aliphatic rings. The Hall–Kier alpha value is -5.18. The quantitative estimate of drug-likeness (QED) is 0.181. The van der Waals surface area contributed by atoms with Crippen molar-refractivity contribution in [2.45, 2.75) is 70.6 Å². The first-order chi connectivity index (χ1) is 24.5. The summed E-state index contributed by atoms with van der Waals surface area (Å²) in [5, 5.41) is 24.3. The van der Waals surface area contributed by atoms with Crippen molar-refractivity contribution < 1.29 is 19.1 Å². The summed E-state index contributed by atoms with van der Waals surface area (Å²) in [7, 11) is 1.88. The second-order valence-electron chi connectivity index (χ2n) is 13.6. The van der Waals surface area contributed by atoms with Gasteiger partial charge in [-0.15, -0.1) is 0 Å². The molecule has 5 aromatic rings. The Morgan fingerprint density at radius 2 is 1.90 bits per heavy atom. The smallest absolute Gasteiger partial charge is 0.337 e. The summed E-state index contributed by atoms with van der Waals surface area (Å²) < 4.78 is 32.5. The monoisotopic (exact) mass is 698 g/mol. The molecule has 0 saturated heterocycles. The van der Waals surface area contributed by atoms with Crippen LogP contribution in [0.2, 0.25) is 0 Å². The standard InChI is InChI=1S/C37H40F2N8O4/c1-23(48)19-43(2)20-25-15-31(49)10-11-32(25)24-4-3-5-30(14-24)46-35-33(16-26(38)17-41-35)36(50)47(37(46)51)29-8-6-27(7-9-29)40-18-28-21-44-22-45(39)13-12-34(44)42-28/h3-5,10-17,21,23,27,29,40,48-49H,6-9,18-20,22H2,1-2H3/t23-,27?,29?/m1/s1. The molecule has 0 spiro atoms. The third-order valence-electron chi connectivity index (χ3n) is 9.58. The van der Waals surface area contributed by atoms with Crippen molar-refractivity contribution >= 4 is 17.1 Å². The number of phenolic OH excluding ortho intramolecular Hbond substituents is 1. The largest absolute Gasteiger partial charge is 0.508 e. The average Bonchev–Trinajstić information content (AvgIpc) is 3.50. The van der Waals surface area contributed by atoms with E-state index in [4.69, 9.17) is 0 Å². The summed E-state index contributed by atoms with van der Waals surface area (Å²) >= 11 is 0. The number of halogens is 2. The van der Waals surface area contributed by atoms with Crippen LogP contribution < -0.4 is 16.6 Å². The summed E-state index contributed by atoms with van der Waals surface area (Å²) in [5.41, 5.74) is 2.58. The molecule has 7 rings (SSSR count). The Balaban J connectivity index is 1.18. The van der Waals surface area contributed by atoms with E-state index in [1.54, 1.807) is 47.9 Å². The molecule has 12 nitrogen and oxygen atoms in total. The van der Waals surface area contributed by atoms with Gasteiger partial charge >= 0.3 is 5.69 Å². The highest BCUT2D eigenvalue weighted by Crippen LogP contribution is 2.31. The summed E-state index contributed by atoms with van der Waals surface area (Å²) in [5.74, 6) is 0.119. The molecule has 1 atom stereocenters. The third-order valence-corrected chi connectivity index (χ3v) is 9.58. The van der Waals surface area contributed by atoms with Crippen LogP contribution in [0, 0.1) is 5.82 Å². The van der Waals surface area contributed by atoms with E-state index < -0.39 is 29.2 Å². The number of imidazole rings is 1. The van der Waals surface area contributed by atoms with Gasteiger partial charge in [-0.05, 0) is 92.8 Å². The summed E-state index contributed by atoms with van der Waals surface area (Å²) in [4.78, 5) is 39.0. The molecule has 1 aliphatic heterocycles. The van der Waals surface area contributed by atoms with Crippen LogP contribution in [0.1, 0.15) is 55.7 Å². The number of hydrogen-bond donors (Lipinski definition) is 3. The van der Waals surface area contributed by atoms with Gasteiger partial charge in [0.05, 0.1) is 29.1 Å². The second-order valence-corrected chi connectivity index (χ2v) is 13.6. The number of benzene rings is 2. The molecule has 1 aliphatic carbocycles. The van der Waals surface area contributed by atoms with E-state index >= 15 is 0 Å². The number of nitrogens with zero attached hydrogens (tertiary/aromatic N) is 7. The molecule has 3 N–H and O–H groups in total. The van der Waals surface area contributed by atoms with Gasteiger partial charge in [0.2, 0.25) is 0 Å². The molecule has 1 fully saturated rings. The predicted molar refractivity (Wildman–Crippen MR) is 189 cm³/mol. The molecule has 0 amide bonds. The predicted octanol–water partition coefficient (Wildman–Crippen LogP) is 4.47. The number of likely N-dealkylation sites (N-methyl/N-ethyl adjacent to an activating group) is 1. The van der Waals surface area contributed by atoms with Crippen molar-refractivity contribution in [3.8, 4) is 22.6 Å². The van der Waals surface area contributed by atoms with Crippen LogP contribution in [0.4, 0.5) is 8.87 Å². The van der Waals surface area contributed by atoms with Crippen LogP contribution in [0.3, 0.4) is 0 Å². The van der Waals surface area contributed by atoms with Crippen LogP contribution in [-0.2, 0) is 19.8 Å². The molecule has 266 valence electrons. The van der Waals surface area contributed by atoms with Crippen LogP contribution in [0.5, 0.6) is 5.75 Å². The van der Waals surface area contributed by atoms with Crippen LogP contribution in [0.15, 0.2) is 76.7 Å². The number of aliphatic hydroxyl groups excluding tert-OH is 1. The number of aromatic hydroxyl groups is 1. The van der Waals surface area contributed by atoms with E-state index in [-0.39, 0.29) is 29.5 Å². The molecule has 4 heterocycles. The van der Waals surface area contributed by atoms with Gasteiger partial charge in [0.25, 0.3) is 5.56 Å². The van der Waals surface area contributed by atoms with Gasteiger partial charge in [-0.25, -0.2) is 23.7 Å². The minimum absolute atomic E-state index is 0.00923. The maximum atomic E-state index is 14.6. The van der Waals surface area contributed by atoms with Crippen molar-refractivity contribution in [1.82, 2.24) is 39.0 Å². The van der Waals surface area contributed by atoms with Crippen LogP contribution in [-0.4, -0.2) is 69.6 Å². The first-order valence-corrected chi connectivity index (χ1v) is 17.1. The average molecular weight is 699 g/mol. The molecule has 0 unspecified atom stereocenters. The van der Waals surface area contributed by atoms with Gasteiger partial charge in [0, 0.05) is 44.1 Å². The molecular formula is C37H40F2N8O4. The van der Waals surface area contributed by atoms with Crippen molar-refractivity contribution in [2.24, 2.45) is 0 Å². The van der Waals surface area contributed by atoms with E-state index in [1.165, 1.54) is 15.3 Å². The summed E-state index contributed by atoms with van der Waals surface area (Å²) in [6, 6.07) is 13.2. The third kappa shape index (κ3) is 7.20.